The van der Waals surface area contributed by atoms with Crippen LogP contribution in [0, 0.1) is 0 Å². The van der Waals surface area contributed by atoms with Gasteiger partial charge in [-0.05, 0) is 83.9 Å². The summed E-state index contributed by atoms with van der Waals surface area (Å²) in [5, 5.41) is 0. The molecule has 192 valence electrons. The molecule has 0 saturated heterocycles. The van der Waals surface area contributed by atoms with Crippen LogP contribution in [0.2, 0.25) is 0 Å². The Bertz CT molecular complexity index is 1170. The van der Waals surface area contributed by atoms with E-state index >= 15 is 0 Å². The highest BCUT2D eigenvalue weighted by Gasteiger charge is 2.23. The minimum absolute atomic E-state index is 0.213. The summed E-state index contributed by atoms with van der Waals surface area (Å²) in [4.78, 5) is 0. The van der Waals surface area contributed by atoms with Gasteiger partial charge in [0.2, 0.25) is 12.6 Å². The summed E-state index contributed by atoms with van der Waals surface area (Å²) in [5.74, 6) is 2.89. The van der Waals surface area contributed by atoms with Crippen LogP contribution in [-0.4, -0.2) is 12.6 Å². The molecule has 0 amide bonds. The van der Waals surface area contributed by atoms with Crippen molar-refractivity contribution in [2.75, 3.05) is 11.5 Å². The quantitative estimate of drug-likeness (QED) is 0.185. The number of nitrogens with two attached hydrogens (primary N) is 2. The molecule has 2 atom stereocenters. The van der Waals surface area contributed by atoms with Gasteiger partial charge in [0.05, 0.1) is 0 Å². The van der Waals surface area contributed by atoms with Crippen LogP contribution >= 0.6 is 0 Å². The highest BCUT2D eigenvalue weighted by atomic mass is 16.7. The number of nitrogen functional groups attached to an aromatic ring is 2. The molecule has 0 spiro atoms. The first kappa shape index (κ1) is 25.8. The molecule has 2 unspecified atom stereocenters. The number of benzene rings is 4. The summed E-state index contributed by atoms with van der Waals surface area (Å²) >= 11 is 0. The van der Waals surface area contributed by atoms with E-state index in [0.717, 1.165) is 11.5 Å². The van der Waals surface area contributed by atoms with Crippen molar-refractivity contribution in [3.63, 3.8) is 0 Å². The maximum atomic E-state index is 5.93. The van der Waals surface area contributed by atoms with Crippen LogP contribution in [0.3, 0.4) is 0 Å². The maximum Gasteiger partial charge on any atom is 0.238 e. The molecule has 0 heterocycles. The molecule has 37 heavy (non-hydrogen) atoms. The fourth-order valence-electron chi connectivity index (χ4n) is 3.97. The lowest BCUT2D eigenvalue weighted by molar-refractivity contribution is 0.0219. The summed E-state index contributed by atoms with van der Waals surface area (Å²) in [5.41, 5.74) is 15.0. The minimum Gasteiger partial charge on any atom is -0.455 e. The highest BCUT2D eigenvalue weighted by molar-refractivity contribution is 5.43. The Morgan fingerprint density at radius 3 is 0.973 bits per heavy atom. The van der Waals surface area contributed by atoms with Crippen molar-refractivity contribution in [1.82, 2.24) is 0 Å². The third kappa shape index (κ3) is 6.88. The lowest BCUT2D eigenvalue weighted by Crippen LogP contribution is -2.21. The molecule has 0 aromatic heterocycles. The van der Waals surface area contributed by atoms with Crippen LogP contribution in [0.5, 0.6) is 23.0 Å². The molecule has 4 aromatic rings. The van der Waals surface area contributed by atoms with Gasteiger partial charge in [-0.1, -0.05) is 38.1 Å². The molecule has 0 aliphatic carbocycles. The van der Waals surface area contributed by atoms with Gasteiger partial charge in [0.1, 0.15) is 23.0 Å². The van der Waals surface area contributed by atoms with Gasteiger partial charge in [-0.3, -0.25) is 0 Å². The minimum atomic E-state index is -0.443. The second-order valence-corrected chi connectivity index (χ2v) is 9.42. The summed E-state index contributed by atoms with van der Waals surface area (Å²) in [7, 11) is 0. The third-order valence-corrected chi connectivity index (χ3v) is 6.12. The molecular formula is C31H34N2O4. The normalized spacial score (nSPS) is 12.9. The Balaban J connectivity index is 1.34. The molecule has 0 aliphatic heterocycles. The van der Waals surface area contributed by atoms with E-state index in [0.29, 0.717) is 22.9 Å². The molecule has 0 aliphatic rings. The summed E-state index contributed by atoms with van der Waals surface area (Å²) < 4.78 is 23.5. The summed E-state index contributed by atoms with van der Waals surface area (Å²) in [6.07, 6.45) is -0.886. The Morgan fingerprint density at radius 1 is 0.459 bits per heavy atom. The maximum absolute atomic E-state index is 5.93. The monoisotopic (exact) mass is 498 g/mol. The molecule has 0 saturated carbocycles. The first-order valence-electron chi connectivity index (χ1n) is 12.3. The number of rotatable bonds is 10. The largest absolute Gasteiger partial charge is 0.455 e. The van der Waals surface area contributed by atoms with Crippen molar-refractivity contribution in [3.05, 3.63) is 108 Å². The molecule has 4 rings (SSSR count). The van der Waals surface area contributed by atoms with Gasteiger partial charge < -0.3 is 30.4 Å². The van der Waals surface area contributed by atoms with E-state index in [1.165, 1.54) is 11.1 Å². The zero-order valence-electron chi connectivity index (χ0n) is 21.7. The van der Waals surface area contributed by atoms with E-state index in [9.17, 15) is 0 Å². The highest BCUT2D eigenvalue weighted by Crippen LogP contribution is 2.33. The molecule has 0 bridgehead atoms. The summed E-state index contributed by atoms with van der Waals surface area (Å²) in [6.45, 7) is 8.11. The van der Waals surface area contributed by atoms with Crippen LogP contribution in [0.15, 0.2) is 97.1 Å². The predicted octanol–water partition coefficient (Wildman–Crippen LogP) is 6.78. The number of hydrogen-bond donors (Lipinski definition) is 2. The lowest BCUT2D eigenvalue weighted by Gasteiger charge is -2.27. The first-order valence-corrected chi connectivity index (χ1v) is 12.3. The van der Waals surface area contributed by atoms with Gasteiger partial charge in [0, 0.05) is 30.6 Å². The number of ether oxygens (including phenoxy) is 4. The van der Waals surface area contributed by atoms with Crippen molar-refractivity contribution in [1.29, 1.82) is 0 Å². The Hall–Kier alpha value is -4.32. The average molecular weight is 499 g/mol. The third-order valence-electron chi connectivity index (χ3n) is 6.12. The van der Waals surface area contributed by atoms with E-state index in [2.05, 4.69) is 38.1 Å². The Labute approximate surface area is 218 Å². The zero-order chi connectivity index (χ0) is 26.4. The van der Waals surface area contributed by atoms with E-state index in [1.807, 2.05) is 62.4 Å². The molecular weight excluding hydrogens is 464 g/mol. The molecule has 4 aromatic carbocycles. The lowest BCUT2D eigenvalue weighted by atomic mass is 9.78. The van der Waals surface area contributed by atoms with Gasteiger partial charge in [-0.2, -0.15) is 0 Å². The molecule has 4 N–H and O–H groups in total. The van der Waals surface area contributed by atoms with E-state index in [1.54, 1.807) is 24.3 Å². The average Bonchev–Trinajstić information content (AvgIpc) is 2.87. The SMILES string of the molecule is CC(Oc1ccc(N)cc1)Oc1ccc(C(C)(C)c2ccc(OC(C)Oc3ccc(N)cc3)cc2)cc1. The first-order chi connectivity index (χ1) is 17.7. The van der Waals surface area contributed by atoms with E-state index in [-0.39, 0.29) is 5.41 Å². The van der Waals surface area contributed by atoms with Crippen molar-refractivity contribution < 1.29 is 18.9 Å². The predicted molar refractivity (Wildman–Crippen MR) is 148 cm³/mol. The molecule has 0 fully saturated rings. The van der Waals surface area contributed by atoms with Gasteiger partial charge in [0.25, 0.3) is 0 Å². The van der Waals surface area contributed by atoms with Gasteiger partial charge in [-0.25, -0.2) is 0 Å². The van der Waals surface area contributed by atoms with E-state index < -0.39 is 12.6 Å². The van der Waals surface area contributed by atoms with Gasteiger partial charge in [-0.15, -0.1) is 0 Å². The topological polar surface area (TPSA) is 89.0 Å². The van der Waals surface area contributed by atoms with Crippen LogP contribution in [-0.2, 0) is 5.41 Å². The number of anilines is 2. The smallest absolute Gasteiger partial charge is 0.238 e. The Morgan fingerprint density at radius 2 is 0.703 bits per heavy atom. The van der Waals surface area contributed by atoms with Crippen LogP contribution < -0.4 is 30.4 Å². The van der Waals surface area contributed by atoms with Crippen LogP contribution in [0.1, 0.15) is 38.8 Å². The van der Waals surface area contributed by atoms with E-state index in [4.69, 9.17) is 30.4 Å². The van der Waals surface area contributed by atoms with Crippen molar-refractivity contribution in [2.45, 2.75) is 45.7 Å². The van der Waals surface area contributed by atoms with Crippen molar-refractivity contribution >= 4 is 11.4 Å². The fraction of sp³-hybridized carbons (Fsp3) is 0.226. The standard InChI is InChI=1S/C31H34N2O4/c1-21(36-29-17-9-25(32)10-18-29)34-27-13-5-23(6-14-27)31(3,4)24-7-15-28(16-8-24)35-22(2)37-30-19-11-26(33)12-20-30/h5-22H,32-33H2,1-4H3. The zero-order valence-corrected chi connectivity index (χ0v) is 21.7. The van der Waals surface area contributed by atoms with Crippen molar-refractivity contribution in [3.8, 4) is 23.0 Å². The van der Waals surface area contributed by atoms with Crippen LogP contribution in [0.4, 0.5) is 11.4 Å². The fourth-order valence-corrected chi connectivity index (χ4v) is 3.97. The molecule has 6 heteroatoms. The molecule has 0 radical (unpaired) electrons. The van der Waals surface area contributed by atoms with Crippen LogP contribution in [0.25, 0.3) is 0 Å². The summed E-state index contributed by atoms with van der Waals surface area (Å²) in [6, 6.07) is 30.7. The Kier molecular flexibility index (Phi) is 7.77. The number of hydrogen-bond acceptors (Lipinski definition) is 6. The second kappa shape index (κ2) is 11.2. The van der Waals surface area contributed by atoms with Crippen molar-refractivity contribution in [2.24, 2.45) is 0 Å². The van der Waals surface area contributed by atoms with Gasteiger partial charge in [0.15, 0.2) is 0 Å². The molecule has 6 nitrogen and oxygen atoms in total. The van der Waals surface area contributed by atoms with Gasteiger partial charge >= 0.3 is 0 Å². The second-order valence-electron chi connectivity index (χ2n) is 9.42.